The Balaban J connectivity index is 2.15. The zero-order valence-corrected chi connectivity index (χ0v) is 11.2. The number of hydrogen-bond acceptors (Lipinski definition) is 4. The number of aromatic nitrogens is 2. The highest BCUT2D eigenvalue weighted by Crippen LogP contribution is 2.32. The second kappa shape index (κ2) is 5.22. The molecule has 3 aromatic rings. The highest BCUT2D eigenvalue weighted by Gasteiger charge is 2.20. The van der Waals surface area contributed by atoms with Gasteiger partial charge in [-0.1, -0.05) is 36.4 Å². The van der Waals surface area contributed by atoms with Crippen molar-refractivity contribution in [2.75, 3.05) is 0 Å². The lowest BCUT2D eigenvalue weighted by Crippen LogP contribution is -1.96. The molecular formula is C15H10N2O2S. The molecule has 2 aromatic heterocycles. The lowest BCUT2D eigenvalue weighted by molar-refractivity contribution is 0.0702. The van der Waals surface area contributed by atoms with Crippen LogP contribution >= 0.6 is 11.3 Å². The molecular weight excluding hydrogens is 272 g/mol. The molecule has 2 heterocycles. The molecule has 98 valence electrons. The largest absolute Gasteiger partial charge is 0.477 e. The molecule has 0 saturated carbocycles. The van der Waals surface area contributed by atoms with Gasteiger partial charge in [-0.25, -0.2) is 9.78 Å². The average Bonchev–Trinajstić information content (AvgIpc) is 2.94. The fourth-order valence-electron chi connectivity index (χ4n) is 1.85. The number of carboxylic acid groups (broad SMARTS) is 1. The summed E-state index contributed by atoms with van der Waals surface area (Å²) in [5, 5.41) is 10.0. The van der Waals surface area contributed by atoms with E-state index in [0.717, 1.165) is 16.9 Å². The molecule has 0 radical (unpaired) electrons. The highest BCUT2D eigenvalue weighted by molar-refractivity contribution is 7.17. The first-order valence-corrected chi connectivity index (χ1v) is 6.78. The summed E-state index contributed by atoms with van der Waals surface area (Å²) in [6, 6.07) is 14.9. The first kappa shape index (κ1) is 12.5. The first-order chi connectivity index (χ1) is 9.75. The molecule has 3 rings (SSSR count). The van der Waals surface area contributed by atoms with Crippen LogP contribution in [0.15, 0.2) is 54.7 Å². The number of benzene rings is 1. The van der Waals surface area contributed by atoms with E-state index in [9.17, 15) is 9.90 Å². The maximum absolute atomic E-state index is 11.4. The molecule has 20 heavy (non-hydrogen) atoms. The van der Waals surface area contributed by atoms with E-state index in [0.29, 0.717) is 16.4 Å². The van der Waals surface area contributed by atoms with Crippen LogP contribution in [0.3, 0.4) is 0 Å². The minimum atomic E-state index is -0.981. The van der Waals surface area contributed by atoms with Crippen LogP contribution in [0.5, 0.6) is 0 Å². The normalized spacial score (nSPS) is 10.4. The van der Waals surface area contributed by atoms with E-state index < -0.39 is 5.97 Å². The molecule has 4 nitrogen and oxygen atoms in total. The quantitative estimate of drug-likeness (QED) is 0.797. The predicted octanol–water partition coefficient (Wildman–Crippen LogP) is 3.57. The molecule has 0 aliphatic rings. The summed E-state index contributed by atoms with van der Waals surface area (Å²) in [5.74, 6) is -0.981. The third-order valence-electron chi connectivity index (χ3n) is 2.75. The summed E-state index contributed by atoms with van der Waals surface area (Å²) in [4.78, 5) is 20.2. The molecule has 0 atom stereocenters. The SMILES string of the molecule is O=C(O)c1sc(-c2ccccc2)nc1-c1ccccn1. The van der Waals surface area contributed by atoms with E-state index in [1.807, 2.05) is 36.4 Å². The number of rotatable bonds is 3. The zero-order valence-electron chi connectivity index (χ0n) is 10.4. The fourth-order valence-corrected chi connectivity index (χ4v) is 2.76. The number of nitrogens with zero attached hydrogens (tertiary/aromatic N) is 2. The molecule has 1 aromatic carbocycles. The standard InChI is InChI=1S/C15H10N2O2S/c18-15(19)13-12(11-8-4-5-9-16-11)17-14(20-13)10-6-2-1-3-7-10/h1-9H,(H,18,19). The summed E-state index contributed by atoms with van der Waals surface area (Å²) in [7, 11) is 0. The molecule has 0 fully saturated rings. The first-order valence-electron chi connectivity index (χ1n) is 5.96. The van der Waals surface area contributed by atoms with E-state index in [1.165, 1.54) is 0 Å². The smallest absolute Gasteiger partial charge is 0.348 e. The number of pyridine rings is 1. The van der Waals surface area contributed by atoms with Crippen LogP contribution in [0.2, 0.25) is 0 Å². The van der Waals surface area contributed by atoms with Crippen molar-refractivity contribution < 1.29 is 9.90 Å². The Labute approximate surface area is 119 Å². The Morgan fingerprint density at radius 2 is 1.80 bits per heavy atom. The van der Waals surface area contributed by atoms with E-state index in [1.54, 1.807) is 18.3 Å². The second-order valence-electron chi connectivity index (χ2n) is 4.08. The topological polar surface area (TPSA) is 63.1 Å². The van der Waals surface area contributed by atoms with Gasteiger partial charge in [-0.05, 0) is 12.1 Å². The van der Waals surface area contributed by atoms with Gasteiger partial charge in [0.1, 0.15) is 15.6 Å². The molecule has 0 unspecified atom stereocenters. The summed E-state index contributed by atoms with van der Waals surface area (Å²) >= 11 is 1.16. The Bertz CT molecular complexity index is 739. The van der Waals surface area contributed by atoms with Crippen molar-refractivity contribution in [1.82, 2.24) is 9.97 Å². The van der Waals surface area contributed by atoms with Crippen LogP contribution in [-0.2, 0) is 0 Å². The van der Waals surface area contributed by atoms with Crippen molar-refractivity contribution in [2.24, 2.45) is 0 Å². The summed E-state index contributed by atoms with van der Waals surface area (Å²) in [6.45, 7) is 0. The maximum atomic E-state index is 11.4. The van der Waals surface area contributed by atoms with Crippen LogP contribution < -0.4 is 0 Å². The van der Waals surface area contributed by atoms with Crippen molar-refractivity contribution in [1.29, 1.82) is 0 Å². The third kappa shape index (κ3) is 2.31. The number of aromatic carboxylic acids is 1. The van der Waals surface area contributed by atoms with Crippen LogP contribution in [0.25, 0.3) is 22.0 Å². The van der Waals surface area contributed by atoms with E-state index >= 15 is 0 Å². The van der Waals surface area contributed by atoms with Crippen LogP contribution in [-0.4, -0.2) is 21.0 Å². The van der Waals surface area contributed by atoms with Gasteiger partial charge in [0.25, 0.3) is 0 Å². The average molecular weight is 282 g/mol. The van der Waals surface area contributed by atoms with Gasteiger partial charge < -0.3 is 5.11 Å². The Hall–Kier alpha value is -2.53. The molecule has 0 aliphatic heterocycles. The number of carboxylic acids is 1. The van der Waals surface area contributed by atoms with Gasteiger partial charge in [0.15, 0.2) is 0 Å². The van der Waals surface area contributed by atoms with Crippen molar-refractivity contribution >= 4 is 17.3 Å². The molecule has 0 saturated heterocycles. The van der Waals surface area contributed by atoms with E-state index in [4.69, 9.17) is 0 Å². The minimum absolute atomic E-state index is 0.211. The van der Waals surface area contributed by atoms with E-state index in [-0.39, 0.29) is 4.88 Å². The highest BCUT2D eigenvalue weighted by atomic mass is 32.1. The van der Waals surface area contributed by atoms with Gasteiger partial charge in [-0.15, -0.1) is 11.3 Å². The molecule has 0 spiro atoms. The predicted molar refractivity (Wildman–Crippen MR) is 77.7 cm³/mol. The lowest BCUT2D eigenvalue weighted by atomic mass is 10.2. The molecule has 0 bridgehead atoms. The van der Waals surface area contributed by atoms with Gasteiger partial charge >= 0.3 is 5.97 Å². The van der Waals surface area contributed by atoms with Gasteiger partial charge in [-0.3, -0.25) is 4.98 Å². The van der Waals surface area contributed by atoms with Crippen molar-refractivity contribution in [3.8, 4) is 22.0 Å². The molecule has 0 aliphatic carbocycles. The fraction of sp³-hybridized carbons (Fsp3) is 0. The van der Waals surface area contributed by atoms with Crippen LogP contribution in [0, 0.1) is 0 Å². The molecule has 5 heteroatoms. The monoisotopic (exact) mass is 282 g/mol. The molecule has 1 N–H and O–H groups in total. The third-order valence-corrected chi connectivity index (χ3v) is 3.84. The van der Waals surface area contributed by atoms with Gasteiger partial charge in [0.05, 0.1) is 5.69 Å². The summed E-state index contributed by atoms with van der Waals surface area (Å²) < 4.78 is 0. The minimum Gasteiger partial charge on any atom is -0.477 e. The molecule has 0 amide bonds. The second-order valence-corrected chi connectivity index (χ2v) is 5.08. The van der Waals surface area contributed by atoms with Crippen molar-refractivity contribution in [3.63, 3.8) is 0 Å². The number of carbonyl (C=O) groups is 1. The van der Waals surface area contributed by atoms with Gasteiger partial charge in [0, 0.05) is 11.8 Å². The van der Waals surface area contributed by atoms with Crippen molar-refractivity contribution in [3.05, 3.63) is 59.6 Å². The number of thiazole rings is 1. The summed E-state index contributed by atoms with van der Waals surface area (Å²) in [6.07, 6.45) is 1.63. The summed E-state index contributed by atoms with van der Waals surface area (Å²) in [5.41, 5.74) is 1.90. The van der Waals surface area contributed by atoms with Gasteiger partial charge in [-0.2, -0.15) is 0 Å². The van der Waals surface area contributed by atoms with Crippen LogP contribution in [0.4, 0.5) is 0 Å². The Morgan fingerprint density at radius 3 is 2.45 bits per heavy atom. The lowest BCUT2D eigenvalue weighted by Gasteiger charge is -1.96. The number of hydrogen-bond donors (Lipinski definition) is 1. The van der Waals surface area contributed by atoms with Crippen molar-refractivity contribution in [2.45, 2.75) is 0 Å². The maximum Gasteiger partial charge on any atom is 0.348 e. The zero-order chi connectivity index (χ0) is 13.9. The Morgan fingerprint density at radius 1 is 1.05 bits per heavy atom. The van der Waals surface area contributed by atoms with Crippen LogP contribution in [0.1, 0.15) is 9.67 Å². The van der Waals surface area contributed by atoms with E-state index in [2.05, 4.69) is 9.97 Å². The Kier molecular flexibility index (Phi) is 3.26. The van der Waals surface area contributed by atoms with Gasteiger partial charge in [0.2, 0.25) is 0 Å².